The fourth-order valence-electron chi connectivity index (χ4n) is 2.51. The van der Waals surface area contributed by atoms with Crippen LogP contribution in [0.4, 0.5) is 5.69 Å². The Morgan fingerprint density at radius 2 is 1.63 bits per heavy atom. The highest BCUT2D eigenvalue weighted by Crippen LogP contribution is 2.29. The number of carbonyl (C=O) groups is 1. The van der Waals surface area contributed by atoms with Crippen LogP contribution >= 0.6 is 0 Å². The van der Waals surface area contributed by atoms with E-state index in [0.29, 0.717) is 22.7 Å². The average molecular weight is 357 g/mol. The molecule has 1 aromatic heterocycles. The van der Waals surface area contributed by atoms with Gasteiger partial charge in [-0.1, -0.05) is 30.3 Å². The minimum atomic E-state index is -0.234. The van der Waals surface area contributed by atoms with Crippen molar-refractivity contribution in [2.45, 2.75) is 0 Å². The third-order valence-electron chi connectivity index (χ3n) is 3.85. The Hall–Kier alpha value is -4.00. The standard InChI is InChI=1S/C20H15N5O2/c26-20(15-10-12-16(13-11-15)25-14-21-23-24-25)22-18-8-4-5-9-19(18)27-17-6-2-1-3-7-17/h1-14H,(H,22,26). The number of aromatic nitrogens is 4. The lowest BCUT2D eigenvalue weighted by atomic mass is 10.2. The van der Waals surface area contributed by atoms with E-state index in [-0.39, 0.29) is 5.91 Å². The van der Waals surface area contributed by atoms with Gasteiger partial charge in [0.05, 0.1) is 11.4 Å². The van der Waals surface area contributed by atoms with Crippen molar-refractivity contribution in [2.24, 2.45) is 0 Å². The number of nitrogens with one attached hydrogen (secondary N) is 1. The fraction of sp³-hybridized carbons (Fsp3) is 0. The minimum Gasteiger partial charge on any atom is -0.455 e. The number of amides is 1. The summed E-state index contributed by atoms with van der Waals surface area (Å²) in [5.74, 6) is 1.04. The summed E-state index contributed by atoms with van der Waals surface area (Å²) in [7, 11) is 0. The number of carbonyl (C=O) groups excluding carboxylic acids is 1. The van der Waals surface area contributed by atoms with Crippen LogP contribution in [0.15, 0.2) is 85.2 Å². The van der Waals surface area contributed by atoms with Crippen molar-refractivity contribution in [2.75, 3.05) is 5.32 Å². The van der Waals surface area contributed by atoms with Crippen LogP contribution in [0.3, 0.4) is 0 Å². The van der Waals surface area contributed by atoms with Crippen molar-refractivity contribution in [3.05, 3.63) is 90.8 Å². The van der Waals surface area contributed by atoms with Crippen LogP contribution in [0.25, 0.3) is 5.69 Å². The molecule has 0 spiro atoms. The smallest absolute Gasteiger partial charge is 0.255 e. The fourth-order valence-corrected chi connectivity index (χ4v) is 2.51. The second kappa shape index (κ2) is 7.49. The van der Waals surface area contributed by atoms with Crippen molar-refractivity contribution in [3.8, 4) is 17.2 Å². The molecule has 3 aromatic carbocycles. The molecule has 0 saturated carbocycles. The summed E-state index contributed by atoms with van der Waals surface area (Å²) in [6.45, 7) is 0. The van der Waals surface area contributed by atoms with E-state index in [1.54, 1.807) is 30.3 Å². The number of ether oxygens (including phenoxy) is 1. The highest BCUT2D eigenvalue weighted by Gasteiger charge is 2.11. The minimum absolute atomic E-state index is 0.234. The van der Waals surface area contributed by atoms with Gasteiger partial charge in [0.25, 0.3) is 5.91 Å². The first kappa shape index (κ1) is 16.5. The predicted molar refractivity (Wildman–Crippen MR) is 100 cm³/mol. The highest BCUT2D eigenvalue weighted by molar-refractivity contribution is 6.05. The summed E-state index contributed by atoms with van der Waals surface area (Å²) in [6.07, 6.45) is 1.49. The zero-order valence-electron chi connectivity index (χ0n) is 14.2. The molecule has 0 unspecified atom stereocenters. The quantitative estimate of drug-likeness (QED) is 0.589. The molecule has 132 valence electrons. The lowest BCUT2D eigenvalue weighted by Crippen LogP contribution is -2.12. The van der Waals surface area contributed by atoms with Gasteiger partial charge in [0.15, 0.2) is 5.75 Å². The van der Waals surface area contributed by atoms with Crippen molar-refractivity contribution in [3.63, 3.8) is 0 Å². The van der Waals surface area contributed by atoms with Gasteiger partial charge in [-0.2, -0.15) is 0 Å². The summed E-state index contributed by atoms with van der Waals surface area (Å²) in [5.41, 5.74) is 1.88. The predicted octanol–water partition coefficient (Wildman–Crippen LogP) is 3.71. The summed E-state index contributed by atoms with van der Waals surface area (Å²) in [4.78, 5) is 12.6. The zero-order chi connectivity index (χ0) is 18.5. The normalized spacial score (nSPS) is 10.4. The van der Waals surface area contributed by atoms with E-state index >= 15 is 0 Å². The van der Waals surface area contributed by atoms with Crippen LogP contribution in [-0.4, -0.2) is 26.1 Å². The van der Waals surface area contributed by atoms with Crippen LogP contribution in [0, 0.1) is 0 Å². The molecule has 27 heavy (non-hydrogen) atoms. The summed E-state index contributed by atoms with van der Waals surface area (Å²) in [5, 5.41) is 13.9. The first-order valence-electron chi connectivity index (χ1n) is 8.26. The van der Waals surface area contributed by atoms with Crippen LogP contribution in [0.5, 0.6) is 11.5 Å². The SMILES string of the molecule is O=C(Nc1ccccc1Oc1ccccc1)c1ccc(-n2cnnn2)cc1. The Labute approximate surface area is 155 Å². The van der Waals surface area contributed by atoms with Gasteiger partial charge in [0.2, 0.25) is 0 Å². The van der Waals surface area contributed by atoms with Crippen LogP contribution in [0.2, 0.25) is 0 Å². The Bertz CT molecular complexity index is 1030. The van der Waals surface area contributed by atoms with E-state index in [9.17, 15) is 4.79 Å². The molecule has 0 saturated heterocycles. The van der Waals surface area contributed by atoms with Gasteiger partial charge in [-0.25, -0.2) is 4.68 Å². The molecule has 4 aromatic rings. The van der Waals surface area contributed by atoms with Gasteiger partial charge in [-0.3, -0.25) is 4.79 Å². The number of anilines is 1. The van der Waals surface area contributed by atoms with Gasteiger partial charge >= 0.3 is 0 Å². The molecule has 1 heterocycles. The van der Waals surface area contributed by atoms with Crippen molar-refractivity contribution >= 4 is 11.6 Å². The summed E-state index contributed by atoms with van der Waals surface area (Å²) < 4.78 is 7.39. The van der Waals surface area contributed by atoms with E-state index in [0.717, 1.165) is 5.69 Å². The van der Waals surface area contributed by atoms with Crippen molar-refractivity contribution in [1.82, 2.24) is 20.2 Å². The van der Waals surface area contributed by atoms with Gasteiger partial charge in [0.1, 0.15) is 12.1 Å². The molecule has 1 N–H and O–H groups in total. The molecular weight excluding hydrogens is 342 g/mol. The van der Waals surface area contributed by atoms with Crippen molar-refractivity contribution in [1.29, 1.82) is 0 Å². The number of para-hydroxylation sites is 3. The van der Waals surface area contributed by atoms with E-state index < -0.39 is 0 Å². The molecule has 0 radical (unpaired) electrons. The molecule has 0 bridgehead atoms. The first-order valence-corrected chi connectivity index (χ1v) is 8.26. The van der Waals surface area contributed by atoms with Gasteiger partial charge in [-0.15, -0.1) is 5.10 Å². The Morgan fingerprint density at radius 3 is 2.37 bits per heavy atom. The second-order valence-electron chi connectivity index (χ2n) is 5.67. The Morgan fingerprint density at radius 1 is 0.889 bits per heavy atom. The molecule has 4 rings (SSSR count). The number of hydrogen-bond acceptors (Lipinski definition) is 5. The van der Waals surface area contributed by atoms with Gasteiger partial charge in [0, 0.05) is 5.56 Å². The van der Waals surface area contributed by atoms with Crippen LogP contribution < -0.4 is 10.1 Å². The molecule has 0 aliphatic carbocycles. The third kappa shape index (κ3) is 3.82. The van der Waals surface area contributed by atoms with Crippen LogP contribution in [-0.2, 0) is 0 Å². The number of hydrogen-bond donors (Lipinski definition) is 1. The molecule has 7 nitrogen and oxygen atoms in total. The maximum Gasteiger partial charge on any atom is 0.255 e. The molecule has 0 atom stereocenters. The first-order chi connectivity index (χ1) is 13.3. The maximum absolute atomic E-state index is 12.6. The van der Waals surface area contributed by atoms with E-state index in [1.807, 2.05) is 48.5 Å². The summed E-state index contributed by atoms with van der Waals surface area (Å²) in [6, 6.07) is 23.7. The lowest BCUT2D eigenvalue weighted by Gasteiger charge is -2.12. The number of tetrazole rings is 1. The molecule has 0 aliphatic rings. The maximum atomic E-state index is 12.6. The largest absolute Gasteiger partial charge is 0.455 e. The topological polar surface area (TPSA) is 81.9 Å². The average Bonchev–Trinajstić information content (AvgIpc) is 3.25. The second-order valence-corrected chi connectivity index (χ2v) is 5.67. The van der Waals surface area contributed by atoms with Gasteiger partial charge < -0.3 is 10.1 Å². The van der Waals surface area contributed by atoms with E-state index in [4.69, 9.17) is 4.74 Å². The summed E-state index contributed by atoms with van der Waals surface area (Å²) >= 11 is 0. The Balaban J connectivity index is 1.51. The van der Waals surface area contributed by atoms with E-state index in [1.165, 1.54) is 11.0 Å². The third-order valence-corrected chi connectivity index (χ3v) is 3.85. The molecular formula is C20H15N5O2. The number of rotatable bonds is 5. The van der Waals surface area contributed by atoms with Gasteiger partial charge in [-0.05, 0) is 59.0 Å². The van der Waals surface area contributed by atoms with Crippen LogP contribution in [0.1, 0.15) is 10.4 Å². The monoisotopic (exact) mass is 357 g/mol. The lowest BCUT2D eigenvalue weighted by molar-refractivity contribution is 0.102. The molecule has 1 amide bonds. The number of nitrogens with zero attached hydrogens (tertiary/aromatic N) is 4. The molecule has 7 heteroatoms. The molecule has 0 aliphatic heterocycles. The highest BCUT2D eigenvalue weighted by atomic mass is 16.5. The zero-order valence-corrected chi connectivity index (χ0v) is 14.2. The molecule has 0 fully saturated rings. The number of benzene rings is 3. The van der Waals surface area contributed by atoms with E-state index in [2.05, 4.69) is 20.8 Å². The van der Waals surface area contributed by atoms with Crippen molar-refractivity contribution < 1.29 is 9.53 Å². The Kier molecular flexibility index (Phi) is 4.57.